The van der Waals surface area contributed by atoms with Gasteiger partial charge >= 0.3 is 5.97 Å². The first-order valence-electron chi connectivity index (χ1n) is 7.50. The van der Waals surface area contributed by atoms with E-state index in [1.165, 1.54) is 26.1 Å². The van der Waals surface area contributed by atoms with Crippen LogP contribution in [0.25, 0.3) is 0 Å². The Bertz CT molecular complexity index is 861. The van der Waals surface area contributed by atoms with Crippen LogP contribution >= 0.6 is 0 Å². The predicted molar refractivity (Wildman–Crippen MR) is 83.8 cm³/mol. The van der Waals surface area contributed by atoms with Gasteiger partial charge < -0.3 is 5.11 Å². The molecule has 10 heteroatoms. The van der Waals surface area contributed by atoms with Gasteiger partial charge in [0, 0.05) is 32.5 Å². The Labute approximate surface area is 139 Å². The summed E-state index contributed by atoms with van der Waals surface area (Å²) in [6.07, 6.45) is 6.32. The molecule has 9 nitrogen and oxygen atoms in total. The minimum absolute atomic E-state index is 0.114. The molecule has 0 saturated carbocycles. The highest BCUT2D eigenvalue weighted by molar-refractivity contribution is 7.89. The van der Waals surface area contributed by atoms with Crippen molar-refractivity contribution in [1.29, 1.82) is 0 Å². The average Bonchev–Trinajstić information content (AvgIpc) is 3.16. The topological polar surface area (TPSA) is 110 Å². The number of aliphatic carboxylic acids is 1. The molecule has 0 unspecified atom stereocenters. The van der Waals surface area contributed by atoms with Crippen molar-refractivity contribution in [3.8, 4) is 0 Å². The smallest absolute Gasteiger partial charge is 0.331 e. The monoisotopic (exact) mass is 353 g/mol. The number of carboxylic acid groups (broad SMARTS) is 1. The fraction of sp³-hybridized carbons (Fsp3) is 0.500. The van der Waals surface area contributed by atoms with Crippen molar-refractivity contribution in [1.82, 2.24) is 23.9 Å². The van der Waals surface area contributed by atoms with Gasteiger partial charge in [-0.3, -0.25) is 9.36 Å². The van der Waals surface area contributed by atoms with Crippen LogP contribution in [0.4, 0.5) is 0 Å². The molecule has 1 N–H and O–H groups in total. The molecule has 0 atom stereocenters. The molecule has 3 rings (SSSR count). The average molecular weight is 353 g/mol. The van der Waals surface area contributed by atoms with E-state index >= 15 is 0 Å². The van der Waals surface area contributed by atoms with E-state index < -0.39 is 21.5 Å². The van der Waals surface area contributed by atoms with Crippen molar-refractivity contribution in [2.75, 3.05) is 13.1 Å². The Morgan fingerprint density at radius 3 is 2.33 bits per heavy atom. The Kier molecular flexibility index (Phi) is 3.96. The van der Waals surface area contributed by atoms with E-state index in [-0.39, 0.29) is 30.8 Å². The molecular weight excluding hydrogens is 334 g/mol. The molecule has 2 aromatic rings. The summed E-state index contributed by atoms with van der Waals surface area (Å²) in [5, 5.41) is 17.7. The van der Waals surface area contributed by atoms with E-state index in [2.05, 4.69) is 10.2 Å². The Morgan fingerprint density at radius 2 is 1.88 bits per heavy atom. The first-order chi connectivity index (χ1) is 11.3. The van der Waals surface area contributed by atoms with Crippen molar-refractivity contribution in [2.24, 2.45) is 7.05 Å². The van der Waals surface area contributed by atoms with Gasteiger partial charge in [-0.25, -0.2) is 13.2 Å². The first kappa shape index (κ1) is 16.7. The molecule has 0 bridgehead atoms. The van der Waals surface area contributed by atoms with E-state index in [0.29, 0.717) is 0 Å². The van der Waals surface area contributed by atoms with E-state index in [1.807, 2.05) is 6.92 Å². The fourth-order valence-electron chi connectivity index (χ4n) is 2.97. The number of nitrogens with zero attached hydrogens (tertiary/aromatic N) is 5. The van der Waals surface area contributed by atoms with Gasteiger partial charge in [0.05, 0.1) is 12.4 Å². The van der Waals surface area contributed by atoms with Crippen LogP contribution in [0.15, 0.2) is 29.7 Å². The fourth-order valence-corrected chi connectivity index (χ4v) is 4.39. The summed E-state index contributed by atoms with van der Waals surface area (Å²) in [6, 6.07) is 0. The lowest BCUT2D eigenvalue weighted by Gasteiger charge is -2.38. The zero-order chi connectivity index (χ0) is 17.5. The first-order valence-corrected chi connectivity index (χ1v) is 8.94. The molecule has 1 aliphatic heterocycles. The van der Waals surface area contributed by atoms with E-state index in [0.717, 1.165) is 5.56 Å². The number of carboxylic acids is 1. The van der Waals surface area contributed by atoms with Crippen molar-refractivity contribution in [2.45, 2.75) is 30.2 Å². The van der Waals surface area contributed by atoms with Gasteiger partial charge in [0.25, 0.3) is 0 Å². The second kappa shape index (κ2) is 5.71. The molecule has 2 aromatic heterocycles. The van der Waals surface area contributed by atoms with Gasteiger partial charge in [-0.05, 0) is 25.3 Å². The third kappa shape index (κ3) is 2.61. The van der Waals surface area contributed by atoms with Crippen LogP contribution in [-0.4, -0.2) is 56.4 Å². The lowest BCUT2D eigenvalue weighted by atomic mass is 9.88. The van der Waals surface area contributed by atoms with Crippen LogP contribution < -0.4 is 0 Å². The normalized spacial score (nSPS) is 18.6. The minimum atomic E-state index is -3.67. The molecule has 0 aliphatic carbocycles. The van der Waals surface area contributed by atoms with Crippen LogP contribution in [0.2, 0.25) is 0 Å². The van der Waals surface area contributed by atoms with Crippen molar-refractivity contribution in [3.63, 3.8) is 0 Å². The summed E-state index contributed by atoms with van der Waals surface area (Å²) in [4.78, 5) is 12.0. The maximum atomic E-state index is 12.6. The van der Waals surface area contributed by atoms with Gasteiger partial charge in [-0.1, -0.05) is 0 Å². The predicted octanol–water partition coefficient (Wildman–Crippen LogP) is 0.190. The molecule has 1 aliphatic rings. The zero-order valence-electron chi connectivity index (χ0n) is 13.5. The second-order valence-electron chi connectivity index (χ2n) is 6.05. The number of aryl methyl sites for hydroxylation is 2. The van der Waals surface area contributed by atoms with Gasteiger partial charge in [0.1, 0.15) is 4.90 Å². The number of aromatic nitrogens is 4. The molecule has 1 saturated heterocycles. The van der Waals surface area contributed by atoms with Crippen molar-refractivity contribution < 1.29 is 18.3 Å². The second-order valence-corrected chi connectivity index (χ2v) is 7.99. The molecule has 0 aromatic carbocycles. The largest absolute Gasteiger partial charge is 0.479 e. The summed E-state index contributed by atoms with van der Waals surface area (Å²) >= 11 is 0. The summed E-state index contributed by atoms with van der Waals surface area (Å²) in [7, 11) is -2.02. The highest BCUT2D eigenvalue weighted by Gasteiger charge is 2.46. The summed E-state index contributed by atoms with van der Waals surface area (Å²) < 4.78 is 29.4. The molecule has 0 radical (unpaired) electrons. The van der Waals surface area contributed by atoms with Crippen molar-refractivity contribution in [3.05, 3.63) is 30.4 Å². The number of hydrogen-bond donors (Lipinski definition) is 1. The van der Waals surface area contributed by atoms with E-state index in [1.54, 1.807) is 19.4 Å². The van der Waals surface area contributed by atoms with Crippen LogP contribution in [0.3, 0.4) is 0 Å². The molecule has 0 amide bonds. The van der Waals surface area contributed by atoms with Crippen LogP contribution in [0.5, 0.6) is 0 Å². The molecule has 1 fully saturated rings. The van der Waals surface area contributed by atoms with Crippen LogP contribution in [0.1, 0.15) is 18.4 Å². The standard InChI is InChI=1S/C14H19N5O4S/c1-11-7-16-19(9-11)14(13(20)21)3-5-18(6-4-14)24(22,23)12-8-15-17(2)10-12/h7-10H,3-6H2,1-2H3,(H,20,21). The Morgan fingerprint density at radius 1 is 1.21 bits per heavy atom. The van der Waals surface area contributed by atoms with E-state index in [4.69, 9.17) is 0 Å². The van der Waals surface area contributed by atoms with Gasteiger partial charge in [-0.2, -0.15) is 14.5 Å². The Balaban J connectivity index is 1.85. The zero-order valence-corrected chi connectivity index (χ0v) is 14.3. The van der Waals surface area contributed by atoms with Gasteiger partial charge in [-0.15, -0.1) is 0 Å². The Hall–Kier alpha value is -2.20. The molecule has 0 spiro atoms. The summed E-state index contributed by atoms with van der Waals surface area (Å²) in [6.45, 7) is 2.06. The number of rotatable bonds is 4. The van der Waals surface area contributed by atoms with Gasteiger partial charge in [0.15, 0.2) is 5.54 Å². The lowest BCUT2D eigenvalue weighted by Crippen LogP contribution is -2.52. The number of sulfonamides is 1. The number of hydrogen-bond acceptors (Lipinski definition) is 5. The molecule has 3 heterocycles. The van der Waals surface area contributed by atoms with Crippen LogP contribution in [0, 0.1) is 6.92 Å². The highest BCUT2D eigenvalue weighted by Crippen LogP contribution is 2.32. The van der Waals surface area contributed by atoms with Crippen LogP contribution in [-0.2, 0) is 27.4 Å². The number of carbonyl (C=O) groups is 1. The van der Waals surface area contributed by atoms with Gasteiger partial charge in [0.2, 0.25) is 10.0 Å². The molecule has 24 heavy (non-hydrogen) atoms. The molecule has 130 valence electrons. The summed E-state index contributed by atoms with van der Waals surface area (Å²) in [5.74, 6) is -0.996. The quantitative estimate of drug-likeness (QED) is 0.840. The molecular formula is C14H19N5O4S. The minimum Gasteiger partial charge on any atom is -0.479 e. The summed E-state index contributed by atoms with van der Waals surface area (Å²) in [5.41, 5.74) is -0.351. The van der Waals surface area contributed by atoms with Crippen molar-refractivity contribution >= 4 is 16.0 Å². The SMILES string of the molecule is Cc1cnn(C2(C(=O)O)CCN(S(=O)(=O)c3cnn(C)c3)CC2)c1. The third-order valence-electron chi connectivity index (χ3n) is 4.42. The van der Waals surface area contributed by atoms with E-state index in [9.17, 15) is 18.3 Å². The maximum absolute atomic E-state index is 12.6. The third-order valence-corrected chi connectivity index (χ3v) is 6.27. The lowest BCUT2D eigenvalue weighted by molar-refractivity contribution is -0.150. The maximum Gasteiger partial charge on any atom is 0.331 e. The number of piperidine rings is 1. The highest BCUT2D eigenvalue weighted by atomic mass is 32.2.